The van der Waals surface area contributed by atoms with Crippen LogP contribution in [0.25, 0.3) is 82.8 Å². The Labute approximate surface area is 349 Å². The predicted molar refractivity (Wildman–Crippen MR) is 251 cm³/mol. The van der Waals surface area contributed by atoms with Crippen LogP contribution in [0.4, 0.5) is 17.1 Å². The van der Waals surface area contributed by atoms with Gasteiger partial charge < -0.3 is 13.9 Å². The zero-order valence-corrected chi connectivity index (χ0v) is 33.4. The van der Waals surface area contributed by atoms with Crippen LogP contribution in [0.15, 0.2) is 211 Å². The lowest BCUT2D eigenvalue weighted by atomic mass is 9.82. The first kappa shape index (κ1) is 34.4. The number of aromatic nitrogens is 1. The van der Waals surface area contributed by atoms with Crippen LogP contribution < -0.4 is 4.90 Å². The van der Waals surface area contributed by atoms with Crippen LogP contribution in [-0.2, 0) is 5.41 Å². The average Bonchev–Trinajstić information content (AvgIpc) is 3.93. The van der Waals surface area contributed by atoms with Gasteiger partial charge in [0.1, 0.15) is 5.58 Å². The minimum absolute atomic E-state index is 0.159. The zero-order valence-electron chi connectivity index (χ0n) is 33.4. The lowest BCUT2D eigenvalue weighted by Gasteiger charge is -2.26. The normalized spacial score (nSPS) is 13.0. The SMILES string of the molecule is CC1(C)c2ccccc2-c2c1ccc(-c1ccccc1)c2-n1c2ccccc2c2ccc(N(c3ccc(-c4ccccc4)cc3)c3cccc4c3oc3ccccc34)cc21. The van der Waals surface area contributed by atoms with E-state index in [0.717, 1.165) is 44.5 Å². The number of rotatable bonds is 6. The molecule has 0 N–H and O–H groups in total. The predicted octanol–water partition coefficient (Wildman–Crippen LogP) is 15.8. The van der Waals surface area contributed by atoms with Gasteiger partial charge in [-0.3, -0.25) is 0 Å². The summed E-state index contributed by atoms with van der Waals surface area (Å²) in [6, 6.07) is 74.8. The molecule has 60 heavy (non-hydrogen) atoms. The van der Waals surface area contributed by atoms with Crippen molar-refractivity contribution in [1.82, 2.24) is 4.57 Å². The number of para-hydroxylation sites is 3. The third-order valence-electron chi connectivity index (χ3n) is 12.8. The number of benzene rings is 9. The van der Waals surface area contributed by atoms with E-state index in [9.17, 15) is 0 Å². The lowest BCUT2D eigenvalue weighted by molar-refractivity contribution is 0.660. The van der Waals surface area contributed by atoms with Crippen LogP contribution in [0.1, 0.15) is 25.0 Å². The second-order valence-electron chi connectivity index (χ2n) is 16.5. The van der Waals surface area contributed by atoms with Crippen LogP contribution in [-0.4, -0.2) is 4.57 Å². The Balaban J connectivity index is 1.17. The number of nitrogens with zero attached hydrogens (tertiary/aromatic N) is 2. The van der Waals surface area contributed by atoms with Gasteiger partial charge in [-0.25, -0.2) is 0 Å². The molecule has 284 valence electrons. The van der Waals surface area contributed by atoms with Gasteiger partial charge in [-0.15, -0.1) is 0 Å². The summed E-state index contributed by atoms with van der Waals surface area (Å²) >= 11 is 0. The van der Waals surface area contributed by atoms with Gasteiger partial charge in [0.15, 0.2) is 5.58 Å². The van der Waals surface area contributed by atoms with E-state index in [-0.39, 0.29) is 5.41 Å². The highest BCUT2D eigenvalue weighted by Crippen LogP contribution is 2.54. The molecule has 11 aromatic rings. The fourth-order valence-corrected chi connectivity index (χ4v) is 9.97. The first-order chi connectivity index (χ1) is 29.5. The maximum absolute atomic E-state index is 6.75. The van der Waals surface area contributed by atoms with Crippen LogP contribution in [0.5, 0.6) is 0 Å². The smallest absolute Gasteiger partial charge is 0.159 e. The third kappa shape index (κ3) is 5.09. The lowest BCUT2D eigenvalue weighted by Crippen LogP contribution is -2.15. The topological polar surface area (TPSA) is 21.3 Å². The molecule has 0 fully saturated rings. The zero-order chi connectivity index (χ0) is 40.0. The van der Waals surface area contributed by atoms with Gasteiger partial charge in [0, 0.05) is 49.5 Å². The molecule has 0 atom stereocenters. The Morgan fingerprint density at radius 3 is 1.88 bits per heavy atom. The molecule has 1 aliphatic rings. The molecule has 9 aromatic carbocycles. The fraction of sp³-hybridized carbons (Fsp3) is 0.0526. The highest BCUT2D eigenvalue weighted by Gasteiger charge is 2.38. The highest BCUT2D eigenvalue weighted by atomic mass is 16.3. The van der Waals surface area contributed by atoms with Gasteiger partial charge in [-0.1, -0.05) is 178 Å². The minimum atomic E-state index is -0.159. The van der Waals surface area contributed by atoms with Crippen LogP contribution >= 0.6 is 0 Å². The van der Waals surface area contributed by atoms with Crippen molar-refractivity contribution in [2.75, 3.05) is 4.90 Å². The van der Waals surface area contributed by atoms with E-state index < -0.39 is 0 Å². The van der Waals surface area contributed by atoms with Crippen molar-refractivity contribution in [3.8, 4) is 39.1 Å². The van der Waals surface area contributed by atoms with Gasteiger partial charge in [0.05, 0.1) is 22.4 Å². The number of fused-ring (bicyclic) bond motifs is 9. The van der Waals surface area contributed by atoms with E-state index in [1.807, 2.05) is 6.07 Å². The summed E-state index contributed by atoms with van der Waals surface area (Å²) in [5.41, 5.74) is 18.2. The van der Waals surface area contributed by atoms with E-state index in [4.69, 9.17) is 4.42 Å². The number of furan rings is 1. The first-order valence-corrected chi connectivity index (χ1v) is 20.8. The van der Waals surface area contributed by atoms with Crippen molar-refractivity contribution in [2.45, 2.75) is 19.3 Å². The molecule has 0 saturated carbocycles. The molecule has 12 rings (SSSR count). The summed E-state index contributed by atoms with van der Waals surface area (Å²) in [6.07, 6.45) is 0. The molecule has 3 nitrogen and oxygen atoms in total. The summed E-state index contributed by atoms with van der Waals surface area (Å²) in [4.78, 5) is 2.37. The molecule has 0 spiro atoms. The third-order valence-corrected chi connectivity index (χ3v) is 12.8. The van der Waals surface area contributed by atoms with Gasteiger partial charge in [0.2, 0.25) is 0 Å². The molecule has 0 radical (unpaired) electrons. The molecule has 3 heteroatoms. The summed E-state index contributed by atoms with van der Waals surface area (Å²) in [6.45, 7) is 4.74. The monoisotopic (exact) mass is 768 g/mol. The minimum Gasteiger partial charge on any atom is -0.454 e. The van der Waals surface area contributed by atoms with Crippen LogP contribution in [0.2, 0.25) is 0 Å². The van der Waals surface area contributed by atoms with Gasteiger partial charge in [-0.05, 0) is 75.8 Å². The summed E-state index contributed by atoms with van der Waals surface area (Å²) in [7, 11) is 0. The number of hydrogen-bond acceptors (Lipinski definition) is 2. The quantitative estimate of drug-likeness (QED) is 0.168. The van der Waals surface area contributed by atoms with Gasteiger partial charge in [-0.2, -0.15) is 0 Å². The van der Waals surface area contributed by atoms with Crippen molar-refractivity contribution < 1.29 is 4.42 Å². The van der Waals surface area contributed by atoms with Gasteiger partial charge in [0.25, 0.3) is 0 Å². The summed E-state index contributed by atoms with van der Waals surface area (Å²) < 4.78 is 9.30. The molecule has 1 aliphatic carbocycles. The largest absolute Gasteiger partial charge is 0.454 e. The summed E-state index contributed by atoms with van der Waals surface area (Å²) in [5, 5.41) is 4.63. The molecule has 0 amide bonds. The molecule has 2 aromatic heterocycles. The van der Waals surface area contributed by atoms with Crippen molar-refractivity contribution >= 4 is 60.8 Å². The highest BCUT2D eigenvalue weighted by molar-refractivity contribution is 6.14. The van der Waals surface area contributed by atoms with E-state index in [0.29, 0.717) is 0 Å². The Bertz CT molecular complexity index is 3450. The van der Waals surface area contributed by atoms with Crippen molar-refractivity contribution in [2.24, 2.45) is 0 Å². The first-order valence-electron chi connectivity index (χ1n) is 20.8. The molecule has 0 saturated heterocycles. The average molecular weight is 769 g/mol. The van der Waals surface area contributed by atoms with Crippen molar-refractivity contribution in [3.63, 3.8) is 0 Å². The van der Waals surface area contributed by atoms with Crippen molar-refractivity contribution in [3.05, 3.63) is 217 Å². The van der Waals surface area contributed by atoms with E-state index in [1.54, 1.807) is 0 Å². The maximum atomic E-state index is 6.75. The Morgan fingerprint density at radius 1 is 0.433 bits per heavy atom. The standard InChI is InChI=1S/C57H40N2O/c1-57(2)48-24-12-9-22-47(48)54-49(57)35-34-42(39-18-7-4-8-19-39)55(54)59-50-25-13-10-20-43(50)44-33-32-41(36-52(44)59)58(40-30-28-38(29-31-40)37-16-5-3-6-17-37)51-26-15-23-46-45-21-11-14-27-53(45)60-56(46)51/h3-36H,1-2H3. The van der Waals surface area contributed by atoms with E-state index in [2.05, 4.69) is 224 Å². The molecule has 0 bridgehead atoms. The van der Waals surface area contributed by atoms with Crippen LogP contribution in [0.3, 0.4) is 0 Å². The molecular formula is C57H40N2O. The molecule has 0 aliphatic heterocycles. The Morgan fingerprint density at radius 2 is 1.07 bits per heavy atom. The van der Waals surface area contributed by atoms with Crippen LogP contribution in [0, 0.1) is 0 Å². The maximum Gasteiger partial charge on any atom is 0.159 e. The van der Waals surface area contributed by atoms with Gasteiger partial charge >= 0.3 is 0 Å². The molecular weight excluding hydrogens is 729 g/mol. The number of anilines is 3. The number of hydrogen-bond donors (Lipinski definition) is 0. The summed E-state index contributed by atoms with van der Waals surface area (Å²) in [5.74, 6) is 0. The van der Waals surface area contributed by atoms with E-state index >= 15 is 0 Å². The molecule has 2 heterocycles. The second kappa shape index (κ2) is 13.2. The Kier molecular flexibility index (Phi) is 7.58. The Hall–Kier alpha value is -7.62. The fourth-order valence-electron chi connectivity index (χ4n) is 9.97. The van der Waals surface area contributed by atoms with E-state index in [1.165, 1.54) is 66.5 Å². The second-order valence-corrected chi connectivity index (χ2v) is 16.5. The molecule has 0 unspecified atom stereocenters. The van der Waals surface area contributed by atoms with Crippen molar-refractivity contribution in [1.29, 1.82) is 0 Å².